The van der Waals surface area contributed by atoms with E-state index in [1.165, 1.54) is 12.1 Å². The second-order valence-electron chi connectivity index (χ2n) is 8.90. The number of nitrogens with zero attached hydrogens (tertiary/aromatic N) is 4. The zero-order valence-electron chi connectivity index (χ0n) is 21.1. The van der Waals surface area contributed by atoms with Gasteiger partial charge < -0.3 is 10.1 Å². The van der Waals surface area contributed by atoms with Gasteiger partial charge in [-0.05, 0) is 50.6 Å². The van der Waals surface area contributed by atoms with E-state index in [4.69, 9.17) is 9.72 Å². The first-order valence-corrected chi connectivity index (χ1v) is 12.1. The number of benzene rings is 3. The normalized spacial score (nSPS) is 10.9. The molecule has 0 fully saturated rings. The molecule has 1 amide bonds. The number of anilines is 1. The van der Waals surface area contributed by atoms with Gasteiger partial charge >= 0.3 is 0 Å². The van der Waals surface area contributed by atoms with E-state index in [0.717, 1.165) is 16.8 Å². The van der Waals surface area contributed by atoms with Gasteiger partial charge in [-0.2, -0.15) is 5.10 Å². The van der Waals surface area contributed by atoms with Crippen molar-refractivity contribution < 1.29 is 14.5 Å². The van der Waals surface area contributed by atoms with Gasteiger partial charge in [0.2, 0.25) is 0 Å². The Bertz CT molecular complexity index is 1690. The maximum atomic E-state index is 13.6. The van der Waals surface area contributed by atoms with Crippen LogP contribution in [0, 0.1) is 24.0 Å². The molecule has 3 aromatic carbocycles. The third kappa shape index (κ3) is 5.08. The van der Waals surface area contributed by atoms with Crippen molar-refractivity contribution in [2.75, 3.05) is 5.32 Å². The molecule has 0 unspecified atom stereocenters. The number of carbonyl (C=O) groups excluding carboxylic acids is 1. The molecular weight excluding hydrogens is 482 g/mol. The van der Waals surface area contributed by atoms with Crippen LogP contribution >= 0.6 is 0 Å². The van der Waals surface area contributed by atoms with E-state index in [-0.39, 0.29) is 17.1 Å². The summed E-state index contributed by atoms with van der Waals surface area (Å²) in [6.45, 7) is 6.53. The van der Waals surface area contributed by atoms with Gasteiger partial charge in [0.1, 0.15) is 11.5 Å². The third-order valence-electron chi connectivity index (χ3n) is 6.09. The number of hydrogen-bond donors (Lipinski definition) is 1. The molecule has 190 valence electrons. The molecule has 0 saturated heterocycles. The predicted molar refractivity (Wildman–Crippen MR) is 146 cm³/mol. The summed E-state index contributed by atoms with van der Waals surface area (Å²) in [5.41, 5.74) is 4.32. The predicted octanol–water partition coefficient (Wildman–Crippen LogP) is 6.69. The number of aryl methyl sites for hydroxylation is 3. The molecule has 0 spiro atoms. The Balaban J connectivity index is 1.53. The molecule has 0 aliphatic carbocycles. The summed E-state index contributed by atoms with van der Waals surface area (Å²) in [6, 6.07) is 20.6. The van der Waals surface area contributed by atoms with E-state index in [2.05, 4.69) is 10.4 Å². The average molecular weight is 508 g/mol. The number of carbonyl (C=O) groups is 1. The summed E-state index contributed by atoms with van der Waals surface area (Å²) in [4.78, 5) is 29.5. The molecule has 9 heteroatoms. The smallest absolute Gasteiger partial charge is 0.275 e. The quantitative estimate of drug-likeness (QED) is 0.194. The molecule has 1 N–H and O–H groups in total. The van der Waals surface area contributed by atoms with Gasteiger partial charge in [0.15, 0.2) is 0 Å². The number of fused-ring (bicyclic) bond motifs is 1. The second kappa shape index (κ2) is 10.1. The van der Waals surface area contributed by atoms with Crippen molar-refractivity contribution in [3.05, 3.63) is 106 Å². The monoisotopic (exact) mass is 507 g/mol. The van der Waals surface area contributed by atoms with Crippen LogP contribution in [0.15, 0.2) is 79.0 Å². The standard InChI is InChI=1S/C29H25N5O4/c1-4-33-17-26(19(3)32-33)28-16-25(24-10-5-6-11-27(24)31-28)29(35)30-20-13-21(34(36)37)15-23(14-20)38-22-9-7-8-18(2)12-22/h5-17H,4H2,1-3H3,(H,30,35). The minimum Gasteiger partial charge on any atom is -0.457 e. The molecule has 0 radical (unpaired) electrons. The van der Waals surface area contributed by atoms with E-state index >= 15 is 0 Å². The topological polar surface area (TPSA) is 112 Å². The minimum atomic E-state index is -0.521. The lowest BCUT2D eigenvalue weighted by atomic mass is 10.0. The highest BCUT2D eigenvalue weighted by Gasteiger charge is 2.19. The molecule has 0 bridgehead atoms. The number of aromatic nitrogens is 3. The second-order valence-corrected chi connectivity index (χ2v) is 8.90. The molecular formula is C29H25N5O4. The minimum absolute atomic E-state index is 0.201. The summed E-state index contributed by atoms with van der Waals surface area (Å²) in [7, 11) is 0. The number of rotatable bonds is 7. The van der Waals surface area contributed by atoms with Crippen LogP contribution in [-0.2, 0) is 6.54 Å². The third-order valence-corrected chi connectivity index (χ3v) is 6.09. The number of para-hydroxylation sites is 1. The van der Waals surface area contributed by atoms with Crippen molar-refractivity contribution in [3.8, 4) is 22.8 Å². The van der Waals surface area contributed by atoms with Gasteiger partial charge in [0.05, 0.1) is 39.1 Å². The fourth-order valence-corrected chi connectivity index (χ4v) is 4.27. The van der Waals surface area contributed by atoms with Gasteiger partial charge in [-0.25, -0.2) is 4.98 Å². The lowest BCUT2D eigenvalue weighted by Gasteiger charge is -2.12. The molecule has 0 atom stereocenters. The first kappa shape index (κ1) is 24.6. The Hall–Kier alpha value is -5.05. The van der Waals surface area contributed by atoms with E-state index < -0.39 is 10.8 Å². The van der Waals surface area contributed by atoms with E-state index in [0.29, 0.717) is 34.5 Å². The van der Waals surface area contributed by atoms with Crippen LogP contribution in [0.25, 0.3) is 22.2 Å². The zero-order valence-corrected chi connectivity index (χ0v) is 21.1. The van der Waals surface area contributed by atoms with Crippen molar-refractivity contribution in [3.63, 3.8) is 0 Å². The number of non-ortho nitro benzene ring substituents is 1. The number of hydrogen-bond acceptors (Lipinski definition) is 6. The van der Waals surface area contributed by atoms with Crippen LogP contribution in [0.4, 0.5) is 11.4 Å². The molecule has 38 heavy (non-hydrogen) atoms. The molecule has 2 heterocycles. The van der Waals surface area contributed by atoms with Crippen LogP contribution < -0.4 is 10.1 Å². The fraction of sp³-hybridized carbons (Fsp3) is 0.138. The molecule has 0 saturated carbocycles. The SMILES string of the molecule is CCn1cc(-c2cc(C(=O)Nc3cc(Oc4cccc(C)c4)cc([N+](=O)[O-])c3)c3ccccc3n2)c(C)n1. The first-order valence-electron chi connectivity index (χ1n) is 12.1. The average Bonchev–Trinajstić information content (AvgIpc) is 3.28. The van der Waals surface area contributed by atoms with E-state index in [1.807, 2.05) is 74.1 Å². The van der Waals surface area contributed by atoms with Crippen molar-refractivity contribution in [1.29, 1.82) is 0 Å². The number of amides is 1. The summed E-state index contributed by atoms with van der Waals surface area (Å²) in [6.07, 6.45) is 1.91. The van der Waals surface area contributed by atoms with E-state index in [1.54, 1.807) is 18.2 Å². The summed E-state index contributed by atoms with van der Waals surface area (Å²) in [5, 5.41) is 19.6. The van der Waals surface area contributed by atoms with Gasteiger partial charge in [-0.1, -0.05) is 30.3 Å². The highest BCUT2D eigenvalue weighted by atomic mass is 16.6. The largest absolute Gasteiger partial charge is 0.457 e. The van der Waals surface area contributed by atoms with Crippen LogP contribution in [0.3, 0.4) is 0 Å². The fourth-order valence-electron chi connectivity index (χ4n) is 4.27. The molecule has 0 aliphatic heterocycles. The van der Waals surface area contributed by atoms with Crippen LogP contribution in [0.1, 0.15) is 28.5 Å². The highest BCUT2D eigenvalue weighted by molar-refractivity contribution is 6.13. The molecule has 5 rings (SSSR count). The maximum absolute atomic E-state index is 13.6. The first-order chi connectivity index (χ1) is 18.3. The van der Waals surface area contributed by atoms with Crippen molar-refractivity contribution in [2.45, 2.75) is 27.3 Å². The van der Waals surface area contributed by atoms with Gasteiger partial charge in [0, 0.05) is 35.8 Å². The molecule has 0 aliphatic rings. The molecule has 2 aromatic heterocycles. The summed E-state index contributed by atoms with van der Waals surface area (Å²) in [5.74, 6) is 0.353. The van der Waals surface area contributed by atoms with Crippen LogP contribution in [0.2, 0.25) is 0 Å². The van der Waals surface area contributed by atoms with Crippen molar-refractivity contribution in [2.24, 2.45) is 0 Å². The summed E-state index contributed by atoms with van der Waals surface area (Å²) < 4.78 is 7.70. The number of ether oxygens (including phenoxy) is 1. The van der Waals surface area contributed by atoms with Gasteiger partial charge in [-0.15, -0.1) is 0 Å². The van der Waals surface area contributed by atoms with Crippen LogP contribution in [-0.4, -0.2) is 25.6 Å². The lowest BCUT2D eigenvalue weighted by molar-refractivity contribution is -0.384. The van der Waals surface area contributed by atoms with Gasteiger partial charge in [-0.3, -0.25) is 19.6 Å². The Morgan fingerprint density at radius 2 is 1.84 bits per heavy atom. The number of nitro groups is 1. The summed E-state index contributed by atoms with van der Waals surface area (Å²) >= 11 is 0. The lowest BCUT2D eigenvalue weighted by Crippen LogP contribution is -2.13. The highest BCUT2D eigenvalue weighted by Crippen LogP contribution is 2.32. The number of nitro benzene ring substituents is 1. The zero-order chi connectivity index (χ0) is 26.8. The Morgan fingerprint density at radius 1 is 1.03 bits per heavy atom. The van der Waals surface area contributed by atoms with Gasteiger partial charge in [0.25, 0.3) is 11.6 Å². The van der Waals surface area contributed by atoms with Crippen molar-refractivity contribution in [1.82, 2.24) is 14.8 Å². The maximum Gasteiger partial charge on any atom is 0.275 e. The molecule has 9 nitrogen and oxygen atoms in total. The molecule has 5 aromatic rings. The number of nitrogens with one attached hydrogen (secondary N) is 1. The van der Waals surface area contributed by atoms with Crippen molar-refractivity contribution >= 4 is 28.2 Å². The van der Waals surface area contributed by atoms with E-state index in [9.17, 15) is 14.9 Å². The number of pyridine rings is 1. The Kier molecular flexibility index (Phi) is 6.57. The Morgan fingerprint density at radius 3 is 2.58 bits per heavy atom. The Labute approximate surface area is 218 Å². The van der Waals surface area contributed by atoms with Crippen LogP contribution in [0.5, 0.6) is 11.5 Å².